The van der Waals surface area contributed by atoms with Gasteiger partial charge in [0, 0.05) is 20.6 Å². The molecular formula is C16H20O2S. The minimum atomic E-state index is -0.199. The molecule has 0 saturated heterocycles. The van der Waals surface area contributed by atoms with Crippen molar-refractivity contribution in [3.05, 3.63) is 60.2 Å². The van der Waals surface area contributed by atoms with Crippen molar-refractivity contribution in [1.82, 2.24) is 0 Å². The highest BCUT2D eigenvalue weighted by molar-refractivity contribution is 7.59. The molecule has 0 aliphatic rings. The zero-order valence-electron chi connectivity index (χ0n) is 11.3. The molecule has 3 heteroatoms. The van der Waals surface area contributed by atoms with E-state index in [0.717, 1.165) is 6.42 Å². The molecule has 102 valence electrons. The van der Waals surface area contributed by atoms with E-state index in [9.17, 15) is 0 Å². The Morgan fingerprint density at radius 1 is 0.842 bits per heavy atom. The van der Waals surface area contributed by atoms with Crippen molar-refractivity contribution in [2.24, 2.45) is 0 Å². The predicted octanol–water partition coefficient (Wildman–Crippen LogP) is 3.63. The fourth-order valence-corrected chi connectivity index (χ4v) is 2.04. The molecule has 0 spiro atoms. The van der Waals surface area contributed by atoms with Crippen LogP contribution in [-0.4, -0.2) is 20.5 Å². The third kappa shape index (κ3) is 4.10. The van der Waals surface area contributed by atoms with Crippen molar-refractivity contribution in [2.75, 3.05) is 14.2 Å². The van der Waals surface area contributed by atoms with Gasteiger partial charge in [0.1, 0.15) is 0 Å². The largest absolute Gasteiger partial charge is 0.356 e. The number of rotatable bonds is 5. The number of hydrogen-bond acceptors (Lipinski definition) is 2. The molecule has 0 fully saturated rings. The SMILES string of the molecule is COC(Cc1ccccc1-c1ccccc1)OC.S. The van der Waals surface area contributed by atoms with Crippen LogP contribution >= 0.6 is 13.5 Å². The van der Waals surface area contributed by atoms with Crippen LogP contribution in [0.25, 0.3) is 11.1 Å². The van der Waals surface area contributed by atoms with Gasteiger partial charge in [-0.05, 0) is 16.7 Å². The zero-order valence-corrected chi connectivity index (χ0v) is 12.3. The second-order valence-electron chi connectivity index (χ2n) is 4.13. The Labute approximate surface area is 121 Å². The lowest BCUT2D eigenvalue weighted by Gasteiger charge is -2.16. The molecule has 0 saturated carbocycles. The fourth-order valence-electron chi connectivity index (χ4n) is 2.04. The molecule has 0 heterocycles. The van der Waals surface area contributed by atoms with Crippen molar-refractivity contribution in [1.29, 1.82) is 0 Å². The van der Waals surface area contributed by atoms with Crippen LogP contribution in [0.5, 0.6) is 0 Å². The van der Waals surface area contributed by atoms with E-state index in [1.165, 1.54) is 16.7 Å². The summed E-state index contributed by atoms with van der Waals surface area (Å²) in [6, 6.07) is 18.7. The van der Waals surface area contributed by atoms with Gasteiger partial charge in [-0.2, -0.15) is 13.5 Å². The third-order valence-electron chi connectivity index (χ3n) is 3.01. The number of methoxy groups -OCH3 is 2. The summed E-state index contributed by atoms with van der Waals surface area (Å²) >= 11 is 0. The summed E-state index contributed by atoms with van der Waals surface area (Å²) in [4.78, 5) is 0. The van der Waals surface area contributed by atoms with Crippen LogP contribution in [0.3, 0.4) is 0 Å². The minimum Gasteiger partial charge on any atom is -0.356 e. The lowest BCUT2D eigenvalue weighted by molar-refractivity contribution is -0.100. The summed E-state index contributed by atoms with van der Waals surface area (Å²) in [6.45, 7) is 0. The van der Waals surface area contributed by atoms with Crippen LogP contribution in [0.1, 0.15) is 5.56 Å². The van der Waals surface area contributed by atoms with Gasteiger partial charge in [0.05, 0.1) is 0 Å². The minimum absolute atomic E-state index is 0. The van der Waals surface area contributed by atoms with E-state index in [2.05, 4.69) is 42.5 Å². The van der Waals surface area contributed by atoms with E-state index in [1.807, 2.05) is 12.1 Å². The molecule has 0 aliphatic heterocycles. The molecule has 2 aromatic rings. The lowest BCUT2D eigenvalue weighted by Crippen LogP contribution is -2.16. The van der Waals surface area contributed by atoms with Crippen LogP contribution in [-0.2, 0) is 15.9 Å². The first-order valence-corrected chi connectivity index (χ1v) is 6.04. The first-order chi connectivity index (χ1) is 8.85. The number of hydrogen-bond donors (Lipinski definition) is 0. The Balaban J connectivity index is 0.00000180. The van der Waals surface area contributed by atoms with E-state index in [4.69, 9.17) is 9.47 Å². The van der Waals surface area contributed by atoms with Crippen LogP contribution < -0.4 is 0 Å². The topological polar surface area (TPSA) is 18.5 Å². The molecule has 0 atom stereocenters. The lowest BCUT2D eigenvalue weighted by atomic mass is 9.97. The summed E-state index contributed by atoms with van der Waals surface area (Å²) in [6.07, 6.45) is 0.549. The smallest absolute Gasteiger partial charge is 0.160 e. The van der Waals surface area contributed by atoms with Gasteiger partial charge in [-0.1, -0.05) is 54.6 Å². The summed E-state index contributed by atoms with van der Waals surface area (Å²) in [5, 5.41) is 0. The molecule has 0 bridgehead atoms. The maximum Gasteiger partial charge on any atom is 0.160 e. The standard InChI is InChI=1S/C16H18O2.H2S/c1-17-16(18-2)12-14-10-6-7-11-15(14)13-8-4-3-5-9-13;/h3-11,16H,12H2,1-2H3;1H2. The highest BCUT2D eigenvalue weighted by atomic mass is 32.1. The average Bonchev–Trinajstić information content (AvgIpc) is 2.46. The molecule has 0 radical (unpaired) electrons. The van der Waals surface area contributed by atoms with Crippen molar-refractivity contribution in [3.8, 4) is 11.1 Å². The van der Waals surface area contributed by atoms with Crippen LogP contribution in [0.4, 0.5) is 0 Å². The van der Waals surface area contributed by atoms with Crippen molar-refractivity contribution < 1.29 is 9.47 Å². The Morgan fingerprint density at radius 3 is 2.05 bits per heavy atom. The fraction of sp³-hybridized carbons (Fsp3) is 0.250. The molecule has 2 aromatic carbocycles. The second kappa shape index (κ2) is 8.00. The normalized spacial score (nSPS) is 10.3. The van der Waals surface area contributed by atoms with Crippen LogP contribution in [0, 0.1) is 0 Å². The highest BCUT2D eigenvalue weighted by Crippen LogP contribution is 2.24. The number of ether oxygens (including phenoxy) is 2. The van der Waals surface area contributed by atoms with Crippen LogP contribution in [0.15, 0.2) is 54.6 Å². The molecule has 19 heavy (non-hydrogen) atoms. The van der Waals surface area contributed by atoms with Gasteiger partial charge in [0.25, 0.3) is 0 Å². The van der Waals surface area contributed by atoms with Crippen LogP contribution in [0.2, 0.25) is 0 Å². The molecule has 2 rings (SSSR count). The first kappa shape index (κ1) is 15.8. The van der Waals surface area contributed by atoms with Gasteiger partial charge in [0.15, 0.2) is 6.29 Å². The Hall–Kier alpha value is -1.29. The Kier molecular flexibility index (Phi) is 6.64. The van der Waals surface area contributed by atoms with Gasteiger partial charge in [0.2, 0.25) is 0 Å². The van der Waals surface area contributed by atoms with Gasteiger partial charge in [-0.3, -0.25) is 0 Å². The molecule has 0 aliphatic carbocycles. The van der Waals surface area contributed by atoms with E-state index < -0.39 is 0 Å². The van der Waals surface area contributed by atoms with Crippen molar-refractivity contribution in [3.63, 3.8) is 0 Å². The molecular weight excluding hydrogens is 256 g/mol. The highest BCUT2D eigenvalue weighted by Gasteiger charge is 2.10. The van der Waals surface area contributed by atoms with Gasteiger partial charge >= 0.3 is 0 Å². The van der Waals surface area contributed by atoms with Gasteiger partial charge in [-0.15, -0.1) is 0 Å². The summed E-state index contributed by atoms with van der Waals surface area (Å²) in [5.41, 5.74) is 3.69. The Morgan fingerprint density at radius 2 is 1.42 bits per heavy atom. The van der Waals surface area contributed by atoms with Gasteiger partial charge < -0.3 is 9.47 Å². The first-order valence-electron chi connectivity index (χ1n) is 6.04. The molecule has 0 N–H and O–H groups in total. The number of benzene rings is 2. The average molecular weight is 276 g/mol. The van der Waals surface area contributed by atoms with Gasteiger partial charge in [-0.25, -0.2) is 0 Å². The zero-order chi connectivity index (χ0) is 12.8. The van der Waals surface area contributed by atoms with Crippen molar-refractivity contribution in [2.45, 2.75) is 12.7 Å². The molecule has 0 aromatic heterocycles. The quantitative estimate of drug-likeness (QED) is 0.776. The maximum atomic E-state index is 5.27. The maximum absolute atomic E-state index is 5.27. The summed E-state index contributed by atoms with van der Waals surface area (Å²) in [7, 11) is 3.33. The van der Waals surface area contributed by atoms with E-state index in [0.29, 0.717) is 0 Å². The molecule has 0 unspecified atom stereocenters. The Bertz CT molecular complexity index is 481. The molecule has 0 amide bonds. The second-order valence-corrected chi connectivity index (χ2v) is 4.13. The van der Waals surface area contributed by atoms with Crippen molar-refractivity contribution >= 4 is 13.5 Å². The third-order valence-corrected chi connectivity index (χ3v) is 3.01. The molecule has 2 nitrogen and oxygen atoms in total. The summed E-state index contributed by atoms with van der Waals surface area (Å²) < 4.78 is 10.5. The van der Waals surface area contributed by atoms with E-state index >= 15 is 0 Å². The predicted molar refractivity (Wildman–Crippen MR) is 83.8 cm³/mol. The van der Waals surface area contributed by atoms with E-state index in [-0.39, 0.29) is 19.8 Å². The van der Waals surface area contributed by atoms with E-state index in [1.54, 1.807) is 14.2 Å². The summed E-state index contributed by atoms with van der Waals surface area (Å²) in [5.74, 6) is 0. The monoisotopic (exact) mass is 276 g/mol.